The van der Waals surface area contributed by atoms with Crippen LogP contribution in [0.15, 0.2) is 5.16 Å². The van der Waals surface area contributed by atoms with E-state index < -0.39 is 10.0 Å². The molecule has 1 fully saturated rings. The average Bonchev–Trinajstić information content (AvgIpc) is 3.08. The smallest absolute Gasteiger partial charge is 0.273 e. The van der Waals surface area contributed by atoms with Crippen LogP contribution in [-0.2, 0) is 16.4 Å². The molecule has 0 amide bonds. The highest BCUT2D eigenvalue weighted by Crippen LogP contribution is 2.37. The van der Waals surface area contributed by atoms with Crippen LogP contribution >= 0.6 is 0 Å². The molecular formula is C12H22N4O2S. The fraction of sp³-hybridized carbons (Fsp3) is 0.833. The van der Waals surface area contributed by atoms with Crippen molar-refractivity contribution in [3.8, 4) is 0 Å². The van der Waals surface area contributed by atoms with Gasteiger partial charge in [0.05, 0.1) is 0 Å². The molecule has 1 aliphatic rings. The van der Waals surface area contributed by atoms with Gasteiger partial charge < -0.3 is 0 Å². The highest BCUT2D eigenvalue weighted by Gasteiger charge is 2.32. The van der Waals surface area contributed by atoms with Crippen LogP contribution in [0.1, 0.15) is 63.7 Å². The number of hydrogen-bond donors (Lipinski definition) is 1. The van der Waals surface area contributed by atoms with Crippen molar-refractivity contribution in [3.63, 3.8) is 0 Å². The lowest BCUT2D eigenvalue weighted by atomic mass is 10.1. The largest absolute Gasteiger partial charge is 0.298 e. The summed E-state index contributed by atoms with van der Waals surface area (Å²) in [5.41, 5.74) is 0. The summed E-state index contributed by atoms with van der Waals surface area (Å²) in [5, 5.41) is 12.9. The van der Waals surface area contributed by atoms with Gasteiger partial charge >= 0.3 is 0 Å². The highest BCUT2D eigenvalue weighted by atomic mass is 32.2. The number of rotatable bonds is 8. The first kappa shape index (κ1) is 14.5. The van der Waals surface area contributed by atoms with Crippen molar-refractivity contribution < 1.29 is 8.42 Å². The third kappa shape index (κ3) is 3.76. The van der Waals surface area contributed by atoms with Crippen LogP contribution in [0.2, 0.25) is 0 Å². The van der Waals surface area contributed by atoms with E-state index in [0.29, 0.717) is 0 Å². The van der Waals surface area contributed by atoms with Gasteiger partial charge in [-0.05, 0) is 19.3 Å². The van der Waals surface area contributed by atoms with Crippen LogP contribution in [0.3, 0.4) is 0 Å². The third-order valence-electron chi connectivity index (χ3n) is 3.41. The van der Waals surface area contributed by atoms with E-state index >= 15 is 0 Å². The first-order valence-corrected chi connectivity index (χ1v) is 8.55. The minimum Gasteiger partial charge on any atom is -0.298 e. The third-order valence-corrected chi connectivity index (χ3v) is 4.19. The van der Waals surface area contributed by atoms with Crippen LogP contribution in [0, 0.1) is 0 Å². The van der Waals surface area contributed by atoms with E-state index in [4.69, 9.17) is 5.14 Å². The Morgan fingerprint density at radius 2 is 1.89 bits per heavy atom. The predicted octanol–water partition coefficient (Wildman–Crippen LogP) is 1.77. The van der Waals surface area contributed by atoms with Gasteiger partial charge in [-0.3, -0.25) is 4.57 Å². The molecule has 19 heavy (non-hydrogen) atoms. The van der Waals surface area contributed by atoms with E-state index in [0.717, 1.165) is 37.9 Å². The summed E-state index contributed by atoms with van der Waals surface area (Å²) in [6.07, 6.45) is 8.61. The molecule has 0 radical (unpaired) electrons. The molecule has 0 bridgehead atoms. The summed E-state index contributed by atoms with van der Waals surface area (Å²) in [6, 6.07) is 0.231. The van der Waals surface area contributed by atoms with E-state index in [9.17, 15) is 8.42 Å². The Morgan fingerprint density at radius 3 is 2.47 bits per heavy atom. The monoisotopic (exact) mass is 286 g/mol. The topological polar surface area (TPSA) is 90.9 Å². The number of nitrogens with two attached hydrogens (primary N) is 1. The molecule has 1 saturated carbocycles. The second-order valence-electron chi connectivity index (χ2n) is 5.21. The maximum Gasteiger partial charge on any atom is 0.273 e. The van der Waals surface area contributed by atoms with Crippen LogP contribution in [0.4, 0.5) is 0 Å². The minimum absolute atomic E-state index is 0.0708. The van der Waals surface area contributed by atoms with E-state index in [2.05, 4.69) is 17.1 Å². The van der Waals surface area contributed by atoms with Crippen molar-refractivity contribution in [2.24, 2.45) is 5.14 Å². The number of sulfonamides is 1. The van der Waals surface area contributed by atoms with Crippen molar-refractivity contribution in [2.75, 3.05) is 0 Å². The van der Waals surface area contributed by atoms with Crippen molar-refractivity contribution in [1.29, 1.82) is 0 Å². The Bertz CT molecular complexity index is 520. The van der Waals surface area contributed by atoms with Crippen molar-refractivity contribution in [3.05, 3.63) is 5.82 Å². The standard InChI is InChI=1S/C12H22N4O2S/c1-2-3-4-5-6-7-11-14-15-12(19(13,17)18)16(11)10-8-9-10/h10H,2-9H2,1H3,(H2,13,17,18). The Labute approximate surface area is 114 Å². The quantitative estimate of drug-likeness (QED) is 0.737. The zero-order chi connectivity index (χ0) is 13.9. The van der Waals surface area contributed by atoms with Gasteiger partial charge in [-0.25, -0.2) is 13.6 Å². The van der Waals surface area contributed by atoms with Gasteiger partial charge in [0, 0.05) is 12.5 Å². The van der Waals surface area contributed by atoms with Gasteiger partial charge in [-0.15, -0.1) is 10.2 Å². The molecule has 0 unspecified atom stereocenters. The van der Waals surface area contributed by atoms with Gasteiger partial charge in [0.15, 0.2) is 0 Å². The number of unbranched alkanes of at least 4 members (excludes halogenated alkanes) is 4. The SMILES string of the molecule is CCCCCCCc1nnc(S(N)(=O)=O)n1C1CC1. The predicted molar refractivity (Wildman–Crippen MR) is 72.1 cm³/mol. The maximum absolute atomic E-state index is 11.5. The van der Waals surface area contributed by atoms with Crippen LogP contribution in [0.25, 0.3) is 0 Å². The van der Waals surface area contributed by atoms with E-state index in [-0.39, 0.29) is 11.2 Å². The fourth-order valence-electron chi connectivity index (χ4n) is 2.26. The van der Waals surface area contributed by atoms with Crippen LogP contribution in [0.5, 0.6) is 0 Å². The number of aryl methyl sites for hydroxylation is 1. The Hall–Kier alpha value is -0.950. The van der Waals surface area contributed by atoms with Gasteiger partial charge in [-0.1, -0.05) is 32.6 Å². The summed E-state index contributed by atoms with van der Waals surface area (Å²) in [6.45, 7) is 2.18. The molecule has 2 N–H and O–H groups in total. The molecule has 2 rings (SSSR count). The highest BCUT2D eigenvalue weighted by molar-refractivity contribution is 7.89. The molecule has 1 aromatic heterocycles. The molecule has 1 aromatic rings. The summed E-state index contributed by atoms with van der Waals surface area (Å²) < 4.78 is 24.7. The molecule has 1 aliphatic carbocycles. The number of nitrogens with zero attached hydrogens (tertiary/aromatic N) is 3. The van der Waals surface area contributed by atoms with Crippen LogP contribution < -0.4 is 5.14 Å². The van der Waals surface area contributed by atoms with Gasteiger partial charge in [0.25, 0.3) is 15.2 Å². The zero-order valence-electron chi connectivity index (χ0n) is 11.4. The zero-order valence-corrected chi connectivity index (χ0v) is 12.2. The molecule has 1 heterocycles. The molecule has 0 saturated heterocycles. The Morgan fingerprint density at radius 1 is 1.21 bits per heavy atom. The van der Waals surface area contributed by atoms with Gasteiger partial charge in [0.2, 0.25) is 0 Å². The molecule has 0 aliphatic heterocycles. The van der Waals surface area contributed by atoms with Crippen molar-refractivity contribution >= 4 is 10.0 Å². The minimum atomic E-state index is -3.77. The molecule has 108 valence electrons. The van der Waals surface area contributed by atoms with Crippen molar-refractivity contribution in [1.82, 2.24) is 14.8 Å². The molecule has 0 atom stereocenters. The Balaban J connectivity index is 2.03. The lowest BCUT2D eigenvalue weighted by Crippen LogP contribution is -2.19. The molecule has 7 heteroatoms. The first-order chi connectivity index (χ1) is 9.04. The summed E-state index contributed by atoms with van der Waals surface area (Å²) >= 11 is 0. The maximum atomic E-state index is 11.5. The summed E-state index contributed by atoms with van der Waals surface area (Å²) in [7, 11) is -3.77. The fourth-order valence-corrected chi connectivity index (χ4v) is 2.94. The van der Waals surface area contributed by atoms with E-state index in [1.165, 1.54) is 19.3 Å². The second-order valence-corrected chi connectivity index (χ2v) is 6.66. The number of primary sulfonamides is 1. The van der Waals surface area contributed by atoms with Gasteiger partial charge in [-0.2, -0.15) is 0 Å². The lowest BCUT2D eigenvalue weighted by Gasteiger charge is -2.07. The average molecular weight is 286 g/mol. The summed E-state index contributed by atoms with van der Waals surface area (Å²) in [5.74, 6) is 0.767. The second kappa shape index (κ2) is 6.00. The number of aromatic nitrogens is 3. The molecular weight excluding hydrogens is 264 g/mol. The van der Waals surface area contributed by atoms with Crippen LogP contribution in [-0.4, -0.2) is 23.2 Å². The normalized spacial score (nSPS) is 15.9. The first-order valence-electron chi connectivity index (χ1n) is 7.00. The molecule has 6 nitrogen and oxygen atoms in total. The molecule has 0 spiro atoms. The van der Waals surface area contributed by atoms with E-state index in [1.54, 1.807) is 4.57 Å². The van der Waals surface area contributed by atoms with E-state index in [1.807, 2.05) is 0 Å². The summed E-state index contributed by atoms with van der Waals surface area (Å²) in [4.78, 5) is 0. The number of hydrogen-bond acceptors (Lipinski definition) is 4. The lowest BCUT2D eigenvalue weighted by molar-refractivity contribution is 0.550. The van der Waals surface area contributed by atoms with Crippen molar-refractivity contribution in [2.45, 2.75) is 69.5 Å². The van der Waals surface area contributed by atoms with Gasteiger partial charge in [0.1, 0.15) is 5.82 Å². The molecule has 0 aromatic carbocycles. The Kier molecular flexibility index (Phi) is 4.57.